The second-order valence-corrected chi connectivity index (χ2v) is 4.94. The van der Waals surface area contributed by atoms with Crippen molar-refractivity contribution in [2.75, 3.05) is 0 Å². The first-order valence-electron chi connectivity index (χ1n) is 6.08. The third-order valence-corrected chi connectivity index (χ3v) is 2.88. The van der Waals surface area contributed by atoms with E-state index < -0.39 is 18.1 Å². The number of nitrogens with two attached hydrogens (primary N) is 1. The quantitative estimate of drug-likeness (QED) is 0.622. The Morgan fingerprint density at radius 2 is 1.82 bits per heavy atom. The van der Waals surface area contributed by atoms with Crippen LogP contribution < -0.4 is 11.1 Å². The Balaban J connectivity index is 4.45. The number of carbonyl (C=O) groups excluding carboxylic acids is 1. The number of hydrogen-bond donors (Lipinski definition) is 3. The van der Waals surface area contributed by atoms with Gasteiger partial charge in [-0.05, 0) is 18.3 Å². The summed E-state index contributed by atoms with van der Waals surface area (Å²) >= 11 is 0. The molecule has 1 amide bonds. The van der Waals surface area contributed by atoms with Gasteiger partial charge in [0.25, 0.3) is 0 Å². The smallest absolute Gasteiger partial charge is 0.326 e. The van der Waals surface area contributed by atoms with Crippen LogP contribution in [0.15, 0.2) is 0 Å². The monoisotopic (exact) mass is 244 g/mol. The molecule has 0 aromatic heterocycles. The SMILES string of the molecule is CCC(C)[C@H](N)C(=O)N[C@@H](CC(C)C)C(=O)O. The molecule has 3 atom stereocenters. The Bertz CT molecular complexity index is 266. The minimum atomic E-state index is -1.01. The molecule has 0 rings (SSSR count). The van der Waals surface area contributed by atoms with Gasteiger partial charge in [-0.3, -0.25) is 4.79 Å². The number of hydrogen-bond acceptors (Lipinski definition) is 3. The number of aliphatic carboxylic acids is 1. The van der Waals surface area contributed by atoms with Gasteiger partial charge >= 0.3 is 5.97 Å². The van der Waals surface area contributed by atoms with E-state index in [4.69, 9.17) is 10.8 Å². The lowest BCUT2D eigenvalue weighted by Gasteiger charge is -2.22. The Kier molecular flexibility index (Phi) is 6.80. The van der Waals surface area contributed by atoms with E-state index in [9.17, 15) is 9.59 Å². The zero-order valence-corrected chi connectivity index (χ0v) is 11.1. The van der Waals surface area contributed by atoms with Crippen molar-refractivity contribution >= 4 is 11.9 Å². The molecule has 4 N–H and O–H groups in total. The molecular formula is C12H24N2O3. The molecule has 17 heavy (non-hydrogen) atoms. The Hall–Kier alpha value is -1.10. The normalized spacial score (nSPS) is 16.4. The molecule has 0 radical (unpaired) electrons. The molecule has 0 aromatic rings. The molecule has 0 fully saturated rings. The fraction of sp³-hybridized carbons (Fsp3) is 0.833. The highest BCUT2D eigenvalue weighted by atomic mass is 16.4. The summed E-state index contributed by atoms with van der Waals surface area (Å²) in [5.74, 6) is -1.14. The summed E-state index contributed by atoms with van der Waals surface area (Å²) in [7, 11) is 0. The summed E-state index contributed by atoms with van der Waals surface area (Å²) in [5.41, 5.74) is 5.75. The first-order valence-corrected chi connectivity index (χ1v) is 6.08. The average molecular weight is 244 g/mol. The summed E-state index contributed by atoms with van der Waals surface area (Å²) in [6.45, 7) is 7.65. The fourth-order valence-corrected chi connectivity index (χ4v) is 1.47. The van der Waals surface area contributed by atoms with Crippen LogP contribution in [0.2, 0.25) is 0 Å². The van der Waals surface area contributed by atoms with Gasteiger partial charge in [0.2, 0.25) is 5.91 Å². The van der Waals surface area contributed by atoms with Crippen molar-refractivity contribution in [2.24, 2.45) is 17.6 Å². The summed E-state index contributed by atoms with van der Waals surface area (Å²) in [6, 6.07) is -1.49. The number of amides is 1. The molecule has 5 nitrogen and oxygen atoms in total. The van der Waals surface area contributed by atoms with E-state index in [2.05, 4.69) is 5.32 Å². The molecule has 0 heterocycles. The molecular weight excluding hydrogens is 220 g/mol. The van der Waals surface area contributed by atoms with E-state index >= 15 is 0 Å². The minimum absolute atomic E-state index is 0.0449. The van der Waals surface area contributed by atoms with E-state index in [0.29, 0.717) is 6.42 Å². The summed E-state index contributed by atoms with van der Waals surface area (Å²) < 4.78 is 0. The Morgan fingerprint density at radius 1 is 1.29 bits per heavy atom. The molecule has 0 spiro atoms. The van der Waals surface area contributed by atoms with Crippen molar-refractivity contribution in [3.63, 3.8) is 0 Å². The zero-order valence-electron chi connectivity index (χ0n) is 11.1. The average Bonchev–Trinajstić information content (AvgIpc) is 2.25. The molecule has 0 saturated carbocycles. The summed E-state index contributed by atoms with van der Waals surface area (Å²) in [5, 5.41) is 11.5. The summed E-state index contributed by atoms with van der Waals surface area (Å²) in [4.78, 5) is 22.7. The van der Waals surface area contributed by atoms with Crippen LogP contribution in [0.1, 0.15) is 40.5 Å². The van der Waals surface area contributed by atoms with Gasteiger partial charge < -0.3 is 16.2 Å². The fourth-order valence-electron chi connectivity index (χ4n) is 1.47. The Labute approximate surface area is 103 Å². The van der Waals surface area contributed by atoms with Crippen LogP contribution in [0.3, 0.4) is 0 Å². The van der Waals surface area contributed by atoms with Crippen molar-refractivity contribution in [1.82, 2.24) is 5.32 Å². The van der Waals surface area contributed by atoms with Crippen LogP contribution in [-0.2, 0) is 9.59 Å². The maximum Gasteiger partial charge on any atom is 0.326 e. The second-order valence-electron chi connectivity index (χ2n) is 4.94. The lowest BCUT2D eigenvalue weighted by molar-refractivity contribution is -0.142. The van der Waals surface area contributed by atoms with Crippen LogP contribution in [-0.4, -0.2) is 29.1 Å². The molecule has 100 valence electrons. The zero-order chi connectivity index (χ0) is 13.6. The van der Waals surface area contributed by atoms with Crippen molar-refractivity contribution in [3.8, 4) is 0 Å². The summed E-state index contributed by atoms with van der Waals surface area (Å²) in [6.07, 6.45) is 1.20. The molecule has 1 unspecified atom stereocenters. The van der Waals surface area contributed by atoms with E-state index in [1.165, 1.54) is 0 Å². The van der Waals surface area contributed by atoms with Crippen molar-refractivity contribution in [3.05, 3.63) is 0 Å². The molecule has 5 heteroatoms. The van der Waals surface area contributed by atoms with Gasteiger partial charge in [0.1, 0.15) is 6.04 Å². The molecule has 0 bridgehead atoms. The molecule has 0 aromatic carbocycles. The maximum atomic E-state index is 11.7. The predicted molar refractivity (Wildman–Crippen MR) is 66.5 cm³/mol. The minimum Gasteiger partial charge on any atom is -0.480 e. The third-order valence-electron chi connectivity index (χ3n) is 2.88. The van der Waals surface area contributed by atoms with Crippen molar-refractivity contribution < 1.29 is 14.7 Å². The van der Waals surface area contributed by atoms with Gasteiger partial charge in [-0.1, -0.05) is 34.1 Å². The van der Waals surface area contributed by atoms with Crippen molar-refractivity contribution in [1.29, 1.82) is 0 Å². The highest BCUT2D eigenvalue weighted by molar-refractivity contribution is 5.86. The Morgan fingerprint density at radius 3 is 2.18 bits per heavy atom. The lowest BCUT2D eigenvalue weighted by Crippen LogP contribution is -2.51. The molecule has 0 aliphatic carbocycles. The number of nitrogens with one attached hydrogen (secondary N) is 1. The lowest BCUT2D eigenvalue weighted by atomic mass is 9.98. The predicted octanol–water partition coefficient (Wildman–Crippen LogP) is 0.975. The van der Waals surface area contributed by atoms with E-state index in [-0.39, 0.29) is 17.7 Å². The molecule has 0 aliphatic rings. The topological polar surface area (TPSA) is 92.4 Å². The number of rotatable bonds is 7. The van der Waals surface area contributed by atoms with E-state index in [1.807, 2.05) is 27.7 Å². The van der Waals surface area contributed by atoms with Gasteiger partial charge in [0.05, 0.1) is 6.04 Å². The third kappa shape index (κ3) is 5.68. The van der Waals surface area contributed by atoms with Gasteiger partial charge in [0, 0.05) is 0 Å². The molecule has 0 aliphatic heterocycles. The van der Waals surface area contributed by atoms with Crippen LogP contribution in [0, 0.1) is 11.8 Å². The maximum absolute atomic E-state index is 11.7. The number of carboxylic acids is 1. The van der Waals surface area contributed by atoms with Gasteiger partial charge in [-0.25, -0.2) is 4.79 Å². The molecule has 0 saturated heterocycles. The highest BCUT2D eigenvalue weighted by Gasteiger charge is 2.26. The second kappa shape index (κ2) is 7.27. The van der Waals surface area contributed by atoms with Gasteiger partial charge in [0.15, 0.2) is 0 Å². The first kappa shape index (κ1) is 15.9. The van der Waals surface area contributed by atoms with Gasteiger partial charge in [-0.2, -0.15) is 0 Å². The van der Waals surface area contributed by atoms with Gasteiger partial charge in [-0.15, -0.1) is 0 Å². The van der Waals surface area contributed by atoms with E-state index in [1.54, 1.807) is 0 Å². The van der Waals surface area contributed by atoms with E-state index in [0.717, 1.165) is 6.42 Å². The van der Waals surface area contributed by atoms with Crippen LogP contribution in [0.4, 0.5) is 0 Å². The van der Waals surface area contributed by atoms with Crippen LogP contribution >= 0.6 is 0 Å². The number of carboxylic acid groups (broad SMARTS) is 1. The largest absolute Gasteiger partial charge is 0.480 e. The van der Waals surface area contributed by atoms with Crippen LogP contribution in [0.25, 0.3) is 0 Å². The standard InChI is InChI=1S/C12H24N2O3/c1-5-8(4)10(13)11(15)14-9(12(16)17)6-7(2)3/h7-10H,5-6,13H2,1-4H3,(H,14,15)(H,16,17)/t8?,9-,10-/m0/s1. The highest BCUT2D eigenvalue weighted by Crippen LogP contribution is 2.08. The van der Waals surface area contributed by atoms with Crippen LogP contribution in [0.5, 0.6) is 0 Å². The van der Waals surface area contributed by atoms with Crippen molar-refractivity contribution in [2.45, 2.75) is 52.6 Å². The number of carbonyl (C=O) groups is 2. The first-order chi connectivity index (χ1) is 7.79.